The van der Waals surface area contributed by atoms with Crippen LogP contribution in [0.1, 0.15) is 19.8 Å². The van der Waals surface area contributed by atoms with Gasteiger partial charge in [0.15, 0.2) is 15.0 Å². The fraction of sp³-hybridized carbons (Fsp3) is 0.318. The molecule has 2 aromatic carbocycles. The number of thiazole rings is 1. The number of hydrogen-bond donors (Lipinski definition) is 0. The Balaban J connectivity index is 1.43. The van der Waals surface area contributed by atoms with E-state index in [0.29, 0.717) is 32.5 Å². The third-order valence-electron chi connectivity index (χ3n) is 5.30. The molecule has 2 heterocycles. The van der Waals surface area contributed by atoms with Gasteiger partial charge in [-0.05, 0) is 62.2 Å². The summed E-state index contributed by atoms with van der Waals surface area (Å²) in [6, 6.07) is 11.2. The van der Waals surface area contributed by atoms with Crippen LogP contribution in [0.5, 0.6) is 5.75 Å². The van der Waals surface area contributed by atoms with Gasteiger partial charge < -0.3 is 9.64 Å². The van der Waals surface area contributed by atoms with E-state index in [1.54, 1.807) is 11.3 Å². The Hall–Kier alpha value is -2.16. The van der Waals surface area contributed by atoms with Crippen molar-refractivity contribution in [2.75, 3.05) is 24.6 Å². The highest BCUT2D eigenvalue weighted by molar-refractivity contribution is 7.92. The van der Waals surface area contributed by atoms with E-state index in [1.165, 1.54) is 6.07 Å². The molecule has 164 valence electrons. The van der Waals surface area contributed by atoms with Gasteiger partial charge in [0.25, 0.3) is 0 Å². The second-order valence-electron chi connectivity index (χ2n) is 7.28. The molecule has 0 atom stereocenters. The van der Waals surface area contributed by atoms with Crippen molar-refractivity contribution in [1.82, 2.24) is 4.98 Å². The molecular formula is C22H22ClFN2O3S2. The molecule has 0 spiro atoms. The first-order valence-corrected chi connectivity index (χ1v) is 12.8. The minimum atomic E-state index is -3.62. The zero-order chi connectivity index (χ0) is 22.0. The summed E-state index contributed by atoms with van der Waals surface area (Å²) in [5, 5.41) is 2.27. The van der Waals surface area contributed by atoms with Gasteiger partial charge in [0.2, 0.25) is 0 Å². The molecule has 1 saturated heterocycles. The lowest BCUT2D eigenvalue weighted by Crippen LogP contribution is -2.39. The number of halogens is 2. The number of rotatable bonds is 6. The van der Waals surface area contributed by atoms with Crippen molar-refractivity contribution in [3.05, 3.63) is 58.7 Å². The highest BCUT2D eigenvalue weighted by Gasteiger charge is 2.33. The van der Waals surface area contributed by atoms with E-state index >= 15 is 0 Å². The highest BCUT2D eigenvalue weighted by Crippen LogP contribution is 2.34. The minimum Gasteiger partial charge on any atom is -0.494 e. The van der Waals surface area contributed by atoms with Crippen LogP contribution in [0.4, 0.5) is 9.52 Å². The first kappa shape index (κ1) is 22.0. The molecule has 1 aromatic heterocycles. The summed E-state index contributed by atoms with van der Waals surface area (Å²) >= 11 is 7.55. The predicted octanol–water partition coefficient (Wildman–Crippen LogP) is 5.44. The number of ether oxygens (including phenoxy) is 1. The SMILES string of the molecule is CCOc1ccc(-c2csc(N3CCC(S(=O)(=O)c4ccc(F)cc4Cl)CC3)n2)cc1. The van der Waals surface area contributed by atoms with Crippen LogP contribution in [0.25, 0.3) is 11.3 Å². The summed E-state index contributed by atoms with van der Waals surface area (Å²) in [5.74, 6) is 0.275. The standard InChI is InChI=1S/C22H22ClFN2O3S2/c1-2-29-17-6-3-15(4-7-17)20-14-30-22(25-20)26-11-9-18(10-12-26)31(27,28)21-8-5-16(24)13-19(21)23/h3-8,13-14,18H,2,9-12H2,1H3. The van der Waals surface area contributed by atoms with Crippen LogP contribution in [0.15, 0.2) is 52.7 Å². The lowest BCUT2D eigenvalue weighted by atomic mass is 10.1. The quantitative estimate of drug-likeness (QED) is 0.439. The van der Waals surface area contributed by atoms with Crippen molar-refractivity contribution >= 4 is 37.9 Å². The minimum absolute atomic E-state index is 0.000973. The number of anilines is 1. The molecule has 3 aromatic rings. The maximum atomic E-state index is 13.3. The van der Waals surface area contributed by atoms with Gasteiger partial charge in [-0.3, -0.25) is 0 Å². The topological polar surface area (TPSA) is 59.5 Å². The fourth-order valence-electron chi connectivity index (χ4n) is 3.67. The van der Waals surface area contributed by atoms with Crippen LogP contribution in [-0.2, 0) is 9.84 Å². The maximum absolute atomic E-state index is 13.3. The molecule has 0 N–H and O–H groups in total. The molecule has 1 fully saturated rings. The van der Waals surface area contributed by atoms with Crippen LogP contribution in [-0.4, -0.2) is 38.3 Å². The van der Waals surface area contributed by atoms with E-state index in [-0.39, 0.29) is 9.92 Å². The Morgan fingerprint density at radius 2 is 1.90 bits per heavy atom. The Bertz CT molecular complexity index is 1160. The normalized spacial score (nSPS) is 15.3. The molecule has 9 heteroatoms. The first-order chi connectivity index (χ1) is 14.9. The third kappa shape index (κ3) is 4.71. The molecule has 1 aliphatic rings. The lowest BCUT2D eigenvalue weighted by molar-refractivity contribution is 0.340. The van der Waals surface area contributed by atoms with Gasteiger partial charge in [0, 0.05) is 24.0 Å². The molecule has 0 unspecified atom stereocenters. The second-order valence-corrected chi connectivity index (χ2v) is 10.7. The zero-order valence-corrected chi connectivity index (χ0v) is 19.3. The van der Waals surface area contributed by atoms with E-state index in [0.717, 1.165) is 34.3 Å². The van der Waals surface area contributed by atoms with Crippen molar-refractivity contribution in [2.45, 2.75) is 29.9 Å². The Labute approximate surface area is 190 Å². The number of hydrogen-bond acceptors (Lipinski definition) is 6. The number of nitrogens with zero attached hydrogens (tertiary/aromatic N) is 2. The molecule has 0 saturated carbocycles. The number of piperidine rings is 1. The summed E-state index contributed by atoms with van der Waals surface area (Å²) in [6.45, 7) is 3.74. The second kappa shape index (κ2) is 9.14. The zero-order valence-electron chi connectivity index (χ0n) is 16.9. The third-order valence-corrected chi connectivity index (χ3v) is 8.95. The van der Waals surface area contributed by atoms with E-state index in [1.807, 2.05) is 36.6 Å². The van der Waals surface area contributed by atoms with E-state index < -0.39 is 20.9 Å². The molecule has 0 bridgehead atoms. The summed E-state index contributed by atoms with van der Waals surface area (Å²) in [7, 11) is -3.62. The molecular weight excluding hydrogens is 459 g/mol. The molecule has 0 amide bonds. The Morgan fingerprint density at radius 1 is 1.19 bits per heavy atom. The van der Waals surface area contributed by atoms with Crippen molar-refractivity contribution in [1.29, 1.82) is 0 Å². The van der Waals surface area contributed by atoms with Gasteiger partial charge in [-0.2, -0.15) is 0 Å². The van der Waals surface area contributed by atoms with Gasteiger partial charge in [0.1, 0.15) is 11.6 Å². The van der Waals surface area contributed by atoms with Crippen molar-refractivity contribution in [3.8, 4) is 17.0 Å². The first-order valence-electron chi connectivity index (χ1n) is 10.0. The summed E-state index contributed by atoms with van der Waals surface area (Å²) < 4.78 is 44.7. The average Bonchev–Trinajstić information content (AvgIpc) is 3.25. The van der Waals surface area contributed by atoms with Crippen LogP contribution in [0.3, 0.4) is 0 Å². The lowest BCUT2D eigenvalue weighted by Gasteiger charge is -2.31. The number of sulfone groups is 1. The molecule has 0 radical (unpaired) electrons. The fourth-order valence-corrected chi connectivity index (χ4v) is 6.83. The molecule has 1 aliphatic heterocycles. The van der Waals surface area contributed by atoms with Gasteiger partial charge in [-0.25, -0.2) is 17.8 Å². The Morgan fingerprint density at radius 3 is 2.55 bits per heavy atom. The van der Waals surface area contributed by atoms with Crippen LogP contribution in [0, 0.1) is 5.82 Å². The summed E-state index contributed by atoms with van der Waals surface area (Å²) in [4.78, 5) is 6.85. The smallest absolute Gasteiger partial charge is 0.185 e. The predicted molar refractivity (Wildman–Crippen MR) is 123 cm³/mol. The van der Waals surface area contributed by atoms with E-state index in [9.17, 15) is 12.8 Å². The highest BCUT2D eigenvalue weighted by atomic mass is 35.5. The molecule has 5 nitrogen and oxygen atoms in total. The largest absolute Gasteiger partial charge is 0.494 e. The summed E-state index contributed by atoms with van der Waals surface area (Å²) in [6.07, 6.45) is 0.933. The molecule has 31 heavy (non-hydrogen) atoms. The summed E-state index contributed by atoms with van der Waals surface area (Å²) in [5.41, 5.74) is 1.89. The van der Waals surface area contributed by atoms with Gasteiger partial charge in [-0.1, -0.05) is 11.6 Å². The van der Waals surface area contributed by atoms with Crippen LogP contribution >= 0.6 is 22.9 Å². The average molecular weight is 481 g/mol. The van der Waals surface area contributed by atoms with Crippen molar-refractivity contribution < 1.29 is 17.5 Å². The number of aromatic nitrogens is 1. The Kier molecular flexibility index (Phi) is 6.50. The van der Waals surface area contributed by atoms with Gasteiger partial charge in [-0.15, -0.1) is 11.3 Å². The van der Waals surface area contributed by atoms with E-state index in [2.05, 4.69) is 4.90 Å². The molecule has 4 rings (SSSR count). The number of benzene rings is 2. The van der Waals surface area contributed by atoms with Crippen molar-refractivity contribution in [3.63, 3.8) is 0 Å². The van der Waals surface area contributed by atoms with E-state index in [4.69, 9.17) is 21.3 Å². The van der Waals surface area contributed by atoms with Crippen LogP contribution in [0.2, 0.25) is 5.02 Å². The monoisotopic (exact) mass is 480 g/mol. The van der Waals surface area contributed by atoms with Crippen molar-refractivity contribution in [2.24, 2.45) is 0 Å². The maximum Gasteiger partial charge on any atom is 0.185 e. The molecule has 0 aliphatic carbocycles. The van der Waals surface area contributed by atoms with Gasteiger partial charge in [0.05, 0.1) is 27.5 Å². The van der Waals surface area contributed by atoms with Crippen LogP contribution < -0.4 is 9.64 Å². The van der Waals surface area contributed by atoms with Gasteiger partial charge >= 0.3 is 0 Å².